The van der Waals surface area contributed by atoms with Crippen LogP contribution in [-0.4, -0.2) is 13.7 Å². The summed E-state index contributed by atoms with van der Waals surface area (Å²) in [7, 11) is -4.04. The molecule has 0 radical (unpaired) electrons. The highest BCUT2D eigenvalue weighted by Crippen LogP contribution is 2.24. The molecule has 0 saturated carbocycles. The minimum atomic E-state index is -4.04. The van der Waals surface area contributed by atoms with Crippen molar-refractivity contribution in [1.82, 2.24) is 0 Å². The van der Waals surface area contributed by atoms with Crippen molar-refractivity contribution in [3.8, 4) is 0 Å². The van der Waals surface area contributed by atoms with Crippen molar-refractivity contribution < 1.29 is 12.8 Å². The standard InChI is InChI=1S/C8H8BrClFNO2S/c9-2-1-5-3-8(15(12,13)14)7(11)4-6(5)10/h3-4H,1-2H2,(H2,12,13,14). The molecular weight excluding hydrogens is 309 g/mol. The molecule has 0 aliphatic heterocycles. The smallest absolute Gasteiger partial charge is 0.225 e. The van der Waals surface area contributed by atoms with Gasteiger partial charge in [-0.25, -0.2) is 17.9 Å². The molecule has 0 fully saturated rings. The molecule has 0 amide bonds. The second-order valence-corrected chi connectivity index (χ2v) is 5.59. The zero-order valence-electron chi connectivity index (χ0n) is 7.50. The Labute approximate surface area is 101 Å². The van der Waals surface area contributed by atoms with Gasteiger partial charge in [0.25, 0.3) is 0 Å². The SMILES string of the molecule is NS(=O)(=O)c1cc(CCBr)c(Cl)cc1F. The van der Waals surface area contributed by atoms with Crippen molar-refractivity contribution in [2.75, 3.05) is 5.33 Å². The van der Waals surface area contributed by atoms with E-state index < -0.39 is 20.7 Å². The molecule has 0 aliphatic carbocycles. The molecular formula is C8H8BrClFNO2S. The summed E-state index contributed by atoms with van der Waals surface area (Å²) in [6.45, 7) is 0. The summed E-state index contributed by atoms with van der Waals surface area (Å²) in [5, 5.41) is 5.64. The fourth-order valence-electron chi connectivity index (χ4n) is 1.08. The van der Waals surface area contributed by atoms with Crippen LogP contribution < -0.4 is 5.14 Å². The maximum atomic E-state index is 13.2. The van der Waals surface area contributed by atoms with Gasteiger partial charge in [-0.2, -0.15) is 0 Å². The molecule has 0 unspecified atom stereocenters. The van der Waals surface area contributed by atoms with E-state index in [-0.39, 0.29) is 5.02 Å². The van der Waals surface area contributed by atoms with Gasteiger partial charge in [0, 0.05) is 10.4 Å². The topological polar surface area (TPSA) is 60.2 Å². The fourth-order valence-corrected chi connectivity index (χ4v) is 2.39. The van der Waals surface area contributed by atoms with E-state index >= 15 is 0 Å². The van der Waals surface area contributed by atoms with Gasteiger partial charge in [0.15, 0.2) is 0 Å². The number of hydrogen-bond acceptors (Lipinski definition) is 2. The zero-order chi connectivity index (χ0) is 11.6. The molecule has 0 spiro atoms. The summed E-state index contributed by atoms with van der Waals surface area (Å²) in [6, 6.07) is 2.12. The van der Waals surface area contributed by atoms with Gasteiger partial charge in [-0.3, -0.25) is 0 Å². The van der Waals surface area contributed by atoms with Crippen molar-refractivity contribution >= 4 is 37.6 Å². The average molecular weight is 317 g/mol. The second kappa shape index (κ2) is 4.78. The molecule has 15 heavy (non-hydrogen) atoms. The monoisotopic (exact) mass is 315 g/mol. The Bertz CT molecular complexity index is 478. The van der Waals surface area contributed by atoms with E-state index in [1.54, 1.807) is 0 Å². The third-order valence-electron chi connectivity index (χ3n) is 1.77. The van der Waals surface area contributed by atoms with Crippen LogP contribution in [0.3, 0.4) is 0 Å². The van der Waals surface area contributed by atoms with Crippen molar-refractivity contribution in [1.29, 1.82) is 0 Å². The van der Waals surface area contributed by atoms with Crippen LogP contribution in [0, 0.1) is 5.82 Å². The van der Waals surface area contributed by atoms with Gasteiger partial charge in [0.2, 0.25) is 10.0 Å². The third kappa shape index (κ3) is 3.14. The Hall–Kier alpha value is -0.170. The second-order valence-electron chi connectivity index (χ2n) is 2.86. The van der Waals surface area contributed by atoms with Gasteiger partial charge in [-0.15, -0.1) is 0 Å². The first kappa shape index (κ1) is 12.9. The van der Waals surface area contributed by atoms with Crippen LogP contribution in [-0.2, 0) is 16.4 Å². The van der Waals surface area contributed by atoms with E-state index in [0.717, 1.165) is 12.1 Å². The van der Waals surface area contributed by atoms with Crippen LogP contribution in [0.4, 0.5) is 4.39 Å². The van der Waals surface area contributed by atoms with E-state index in [9.17, 15) is 12.8 Å². The lowest BCUT2D eigenvalue weighted by molar-refractivity contribution is 0.567. The maximum absolute atomic E-state index is 13.2. The molecule has 2 N–H and O–H groups in total. The summed E-state index contributed by atoms with van der Waals surface area (Å²) in [5.74, 6) is -0.930. The lowest BCUT2D eigenvalue weighted by Gasteiger charge is -2.06. The van der Waals surface area contributed by atoms with Gasteiger partial charge >= 0.3 is 0 Å². The number of rotatable bonds is 3. The molecule has 3 nitrogen and oxygen atoms in total. The normalized spacial score (nSPS) is 11.7. The molecule has 0 atom stereocenters. The number of halogens is 3. The highest BCUT2D eigenvalue weighted by molar-refractivity contribution is 9.09. The van der Waals surface area contributed by atoms with E-state index in [2.05, 4.69) is 15.9 Å². The van der Waals surface area contributed by atoms with Crippen LogP contribution in [0.1, 0.15) is 5.56 Å². The lowest BCUT2D eigenvalue weighted by Crippen LogP contribution is -2.14. The lowest BCUT2D eigenvalue weighted by atomic mass is 10.2. The number of primary sulfonamides is 1. The molecule has 84 valence electrons. The predicted molar refractivity (Wildman–Crippen MR) is 60.3 cm³/mol. The molecule has 0 aliphatic rings. The number of aryl methyl sites for hydroxylation is 1. The Balaban J connectivity index is 3.36. The fraction of sp³-hybridized carbons (Fsp3) is 0.250. The maximum Gasteiger partial charge on any atom is 0.240 e. The Morgan fingerprint density at radius 2 is 2.07 bits per heavy atom. The highest BCUT2D eigenvalue weighted by atomic mass is 79.9. The van der Waals surface area contributed by atoms with Gasteiger partial charge in [0.05, 0.1) is 0 Å². The first-order valence-electron chi connectivity index (χ1n) is 3.93. The molecule has 7 heteroatoms. The molecule has 0 saturated heterocycles. The number of alkyl halides is 1. The van der Waals surface area contributed by atoms with Crippen molar-refractivity contribution in [3.63, 3.8) is 0 Å². The van der Waals surface area contributed by atoms with Crippen LogP contribution in [0.2, 0.25) is 5.02 Å². The summed E-state index contributed by atoms with van der Waals surface area (Å²) >= 11 is 8.91. The zero-order valence-corrected chi connectivity index (χ0v) is 10.7. The largest absolute Gasteiger partial charge is 0.240 e. The van der Waals surface area contributed by atoms with Crippen LogP contribution in [0.5, 0.6) is 0 Å². The summed E-state index contributed by atoms with van der Waals surface area (Å²) in [6.07, 6.45) is 0.502. The Morgan fingerprint density at radius 3 is 2.53 bits per heavy atom. The first-order valence-corrected chi connectivity index (χ1v) is 6.97. The van der Waals surface area contributed by atoms with Crippen molar-refractivity contribution in [2.24, 2.45) is 5.14 Å². The van der Waals surface area contributed by atoms with Crippen LogP contribution in [0.25, 0.3) is 0 Å². The number of hydrogen-bond donors (Lipinski definition) is 1. The highest BCUT2D eigenvalue weighted by Gasteiger charge is 2.17. The summed E-state index contributed by atoms with van der Waals surface area (Å²) < 4.78 is 35.2. The number of nitrogens with two attached hydrogens (primary N) is 1. The number of benzene rings is 1. The summed E-state index contributed by atoms with van der Waals surface area (Å²) in [5.41, 5.74) is 0.541. The summed E-state index contributed by atoms with van der Waals surface area (Å²) in [4.78, 5) is -0.525. The first-order chi connectivity index (χ1) is 6.86. The van der Waals surface area contributed by atoms with E-state index in [1.165, 1.54) is 0 Å². The van der Waals surface area contributed by atoms with Crippen LogP contribution in [0.15, 0.2) is 17.0 Å². The molecule has 1 aromatic carbocycles. The molecule has 0 aromatic heterocycles. The number of sulfonamides is 1. The quantitative estimate of drug-likeness (QED) is 0.868. The molecule has 1 rings (SSSR count). The molecule has 0 bridgehead atoms. The van der Waals surface area contributed by atoms with Crippen LogP contribution >= 0.6 is 27.5 Å². The van der Waals surface area contributed by atoms with Crippen molar-refractivity contribution in [2.45, 2.75) is 11.3 Å². The molecule has 1 aromatic rings. The minimum absolute atomic E-state index is 0.194. The predicted octanol–water partition coefficient (Wildman–Crippen LogP) is 2.06. The Morgan fingerprint density at radius 1 is 1.47 bits per heavy atom. The van der Waals surface area contributed by atoms with Gasteiger partial charge < -0.3 is 0 Å². The average Bonchev–Trinajstić information content (AvgIpc) is 2.07. The van der Waals surface area contributed by atoms with E-state index in [0.29, 0.717) is 17.3 Å². The third-order valence-corrected chi connectivity index (χ3v) is 3.45. The minimum Gasteiger partial charge on any atom is -0.225 e. The van der Waals surface area contributed by atoms with Crippen molar-refractivity contribution in [3.05, 3.63) is 28.5 Å². The van der Waals surface area contributed by atoms with Gasteiger partial charge in [-0.1, -0.05) is 27.5 Å². The van der Waals surface area contributed by atoms with Gasteiger partial charge in [-0.05, 0) is 24.1 Å². The van der Waals surface area contributed by atoms with E-state index in [4.69, 9.17) is 16.7 Å². The van der Waals surface area contributed by atoms with E-state index in [1.807, 2.05) is 0 Å². The van der Waals surface area contributed by atoms with Gasteiger partial charge in [0.1, 0.15) is 10.7 Å². The molecule has 0 heterocycles. The Kier molecular flexibility index (Phi) is 4.11.